The molecule has 0 radical (unpaired) electrons. The van der Waals surface area contributed by atoms with Gasteiger partial charge in [-0.1, -0.05) is 17.7 Å². The van der Waals surface area contributed by atoms with Gasteiger partial charge in [-0.2, -0.15) is 0 Å². The lowest BCUT2D eigenvalue weighted by Crippen LogP contribution is -2.33. The Morgan fingerprint density at radius 3 is 2.68 bits per heavy atom. The van der Waals surface area contributed by atoms with Gasteiger partial charge in [0, 0.05) is 31.1 Å². The summed E-state index contributed by atoms with van der Waals surface area (Å²) in [4.78, 5) is 18.7. The molecule has 0 heterocycles. The van der Waals surface area contributed by atoms with Crippen molar-refractivity contribution in [3.8, 4) is 0 Å². The Balaban J connectivity index is 1.82. The lowest BCUT2D eigenvalue weighted by Gasteiger charge is -2.18. The molecule has 0 bridgehead atoms. The van der Waals surface area contributed by atoms with Crippen LogP contribution in [0.1, 0.15) is 27.5 Å². The van der Waals surface area contributed by atoms with E-state index in [4.69, 9.17) is 11.6 Å². The van der Waals surface area contributed by atoms with E-state index in [2.05, 4.69) is 10.3 Å². The van der Waals surface area contributed by atoms with Crippen LogP contribution in [0.5, 0.6) is 0 Å². The Morgan fingerprint density at radius 1 is 1.28 bits per heavy atom. The van der Waals surface area contributed by atoms with Crippen LogP contribution in [0, 0.1) is 0 Å². The highest BCUT2D eigenvalue weighted by atomic mass is 35.5. The number of aliphatic imine (C=N–C) groups is 1. The molecule has 2 aromatic carbocycles. The number of rotatable bonds is 4. The monoisotopic (exact) mass is 357 g/mol. The first-order chi connectivity index (χ1) is 11.9. The summed E-state index contributed by atoms with van der Waals surface area (Å²) < 4.78 is 0. The van der Waals surface area contributed by atoms with Crippen LogP contribution >= 0.6 is 11.6 Å². The molecule has 0 aliphatic heterocycles. The second-order valence-electron chi connectivity index (χ2n) is 6.32. The number of nitrogens with zero attached hydrogens (tertiary/aromatic N) is 2. The normalized spacial score (nSPS) is 19.0. The molecule has 25 heavy (non-hydrogen) atoms. The summed E-state index contributed by atoms with van der Waals surface area (Å²) in [6.45, 7) is 0. The van der Waals surface area contributed by atoms with Crippen molar-refractivity contribution in [1.82, 2.24) is 10.2 Å². The Kier molecular flexibility index (Phi) is 5.06. The largest absolute Gasteiger partial charge is 0.390 e. The fraction of sp³-hybridized carbons (Fsp3) is 0.263. The highest BCUT2D eigenvalue weighted by Crippen LogP contribution is 2.34. The molecule has 0 spiro atoms. The van der Waals surface area contributed by atoms with Crippen molar-refractivity contribution in [2.24, 2.45) is 4.99 Å². The molecule has 5 nitrogen and oxygen atoms in total. The molecule has 1 aliphatic rings. The number of hydrogen-bond donors (Lipinski definition) is 2. The van der Waals surface area contributed by atoms with Crippen LogP contribution in [0.25, 0.3) is 0 Å². The van der Waals surface area contributed by atoms with Gasteiger partial charge in [0.2, 0.25) is 0 Å². The minimum Gasteiger partial charge on any atom is -0.390 e. The number of aliphatic hydroxyl groups is 1. The quantitative estimate of drug-likeness (QED) is 0.653. The summed E-state index contributed by atoms with van der Waals surface area (Å²) in [6, 6.07) is 12.0. The van der Waals surface area contributed by atoms with E-state index in [1.807, 2.05) is 37.2 Å². The molecular weight excluding hydrogens is 338 g/mol. The van der Waals surface area contributed by atoms with Crippen molar-refractivity contribution < 1.29 is 9.90 Å². The molecule has 2 atom stereocenters. The number of aliphatic hydroxyl groups excluding tert-OH is 1. The van der Waals surface area contributed by atoms with Crippen LogP contribution in [0.2, 0.25) is 5.02 Å². The van der Waals surface area contributed by atoms with E-state index in [1.165, 1.54) is 0 Å². The van der Waals surface area contributed by atoms with E-state index >= 15 is 0 Å². The number of benzene rings is 2. The Bertz CT molecular complexity index is 803. The number of amides is 1. The minimum atomic E-state index is -0.653. The highest BCUT2D eigenvalue weighted by Gasteiger charge is 2.32. The zero-order valence-corrected chi connectivity index (χ0v) is 14.9. The molecule has 0 fully saturated rings. The summed E-state index contributed by atoms with van der Waals surface area (Å²) in [6.07, 6.45) is 1.58. The molecule has 2 N–H and O–H groups in total. The maximum absolute atomic E-state index is 12.5. The van der Waals surface area contributed by atoms with Crippen LogP contribution in [0.15, 0.2) is 47.5 Å². The SMILES string of the molecule is CN(C)C=Nc1ccc2c(c1)[C@@H](NC(=O)c1ccc(Cl)cc1)[C@H](O)C2. The number of fused-ring (bicyclic) bond motifs is 1. The van der Waals surface area contributed by atoms with E-state index < -0.39 is 12.1 Å². The first-order valence-electron chi connectivity index (χ1n) is 8.02. The van der Waals surface area contributed by atoms with Gasteiger partial charge < -0.3 is 15.3 Å². The number of nitrogens with one attached hydrogen (secondary N) is 1. The van der Waals surface area contributed by atoms with Gasteiger partial charge in [-0.15, -0.1) is 0 Å². The molecule has 0 unspecified atom stereocenters. The molecule has 6 heteroatoms. The van der Waals surface area contributed by atoms with E-state index in [1.54, 1.807) is 30.6 Å². The molecule has 0 saturated heterocycles. The third-order valence-electron chi connectivity index (χ3n) is 4.11. The van der Waals surface area contributed by atoms with Crippen LogP contribution in [-0.2, 0) is 6.42 Å². The summed E-state index contributed by atoms with van der Waals surface area (Å²) in [7, 11) is 3.80. The van der Waals surface area contributed by atoms with Gasteiger partial charge in [-0.25, -0.2) is 4.99 Å². The lowest BCUT2D eigenvalue weighted by atomic mass is 10.1. The van der Waals surface area contributed by atoms with Crippen molar-refractivity contribution >= 4 is 29.5 Å². The predicted molar refractivity (Wildman–Crippen MR) is 99.7 cm³/mol. The number of carbonyl (C=O) groups is 1. The van der Waals surface area contributed by atoms with Crippen LogP contribution in [-0.4, -0.2) is 42.5 Å². The Morgan fingerprint density at radius 2 is 2.00 bits per heavy atom. The second kappa shape index (κ2) is 7.25. The van der Waals surface area contributed by atoms with E-state index in [0.29, 0.717) is 17.0 Å². The van der Waals surface area contributed by atoms with Gasteiger partial charge in [-0.3, -0.25) is 4.79 Å². The number of carbonyl (C=O) groups excluding carboxylic acids is 1. The highest BCUT2D eigenvalue weighted by molar-refractivity contribution is 6.30. The summed E-state index contributed by atoms with van der Waals surface area (Å²) in [5.41, 5.74) is 3.22. The topological polar surface area (TPSA) is 64.9 Å². The summed E-state index contributed by atoms with van der Waals surface area (Å²) in [5, 5.41) is 13.9. The molecule has 1 amide bonds. The van der Waals surface area contributed by atoms with Crippen LogP contribution < -0.4 is 5.32 Å². The number of halogens is 1. The van der Waals surface area contributed by atoms with Gasteiger partial charge in [-0.05, 0) is 47.5 Å². The van der Waals surface area contributed by atoms with Gasteiger partial charge in [0.1, 0.15) is 0 Å². The summed E-state index contributed by atoms with van der Waals surface area (Å²) in [5.74, 6) is -0.240. The van der Waals surface area contributed by atoms with Gasteiger partial charge >= 0.3 is 0 Å². The molecule has 130 valence electrons. The molecule has 3 rings (SSSR count). The van der Waals surface area contributed by atoms with E-state index in [0.717, 1.165) is 16.8 Å². The third kappa shape index (κ3) is 4.00. The fourth-order valence-corrected chi connectivity index (χ4v) is 3.00. The van der Waals surface area contributed by atoms with Crippen molar-refractivity contribution in [2.45, 2.75) is 18.6 Å². The maximum atomic E-state index is 12.5. The molecule has 1 aliphatic carbocycles. The summed E-state index contributed by atoms with van der Waals surface area (Å²) >= 11 is 5.86. The second-order valence-corrected chi connectivity index (χ2v) is 6.76. The maximum Gasteiger partial charge on any atom is 0.251 e. The third-order valence-corrected chi connectivity index (χ3v) is 4.36. The average Bonchev–Trinajstić information content (AvgIpc) is 2.88. The zero-order chi connectivity index (χ0) is 18.0. The molecule has 0 saturated carbocycles. The molecule has 2 aromatic rings. The van der Waals surface area contributed by atoms with Gasteiger partial charge in [0.25, 0.3) is 5.91 Å². The smallest absolute Gasteiger partial charge is 0.251 e. The van der Waals surface area contributed by atoms with Crippen molar-refractivity contribution in [2.75, 3.05) is 14.1 Å². The Labute approximate surface area is 152 Å². The van der Waals surface area contributed by atoms with Gasteiger partial charge in [0.15, 0.2) is 0 Å². The van der Waals surface area contributed by atoms with Crippen molar-refractivity contribution in [1.29, 1.82) is 0 Å². The fourth-order valence-electron chi connectivity index (χ4n) is 2.87. The van der Waals surface area contributed by atoms with Crippen molar-refractivity contribution in [3.63, 3.8) is 0 Å². The predicted octanol–water partition coefficient (Wildman–Crippen LogP) is 2.95. The lowest BCUT2D eigenvalue weighted by molar-refractivity contribution is 0.0858. The minimum absolute atomic E-state index is 0.240. The van der Waals surface area contributed by atoms with Crippen LogP contribution in [0.3, 0.4) is 0 Å². The van der Waals surface area contributed by atoms with Gasteiger partial charge in [0.05, 0.1) is 24.2 Å². The molecular formula is C19H20ClN3O2. The first kappa shape index (κ1) is 17.5. The number of hydrogen-bond acceptors (Lipinski definition) is 3. The first-order valence-corrected chi connectivity index (χ1v) is 8.40. The molecule has 0 aromatic heterocycles. The zero-order valence-electron chi connectivity index (χ0n) is 14.1. The van der Waals surface area contributed by atoms with Crippen molar-refractivity contribution in [3.05, 3.63) is 64.2 Å². The standard InChI is InChI=1S/C19H20ClN3O2/c1-23(2)11-21-15-8-5-13-9-17(24)18(16(13)10-15)22-19(25)12-3-6-14(20)7-4-12/h3-8,10-11,17-18,24H,9H2,1-2H3,(H,22,25)/t17-,18-/m1/s1. The van der Waals surface area contributed by atoms with E-state index in [9.17, 15) is 9.90 Å². The average molecular weight is 358 g/mol. The van der Waals surface area contributed by atoms with Crippen LogP contribution in [0.4, 0.5) is 5.69 Å². The Hall–Kier alpha value is -2.37. The van der Waals surface area contributed by atoms with E-state index in [-0.39, 0.29) is 5.91 Å².